The van der Waals surface area contributed by atoms with Crippen LogP contribution in [0.5, 0.6) is 28.7 Å². The first-order valence-electron chi connectivity index (χ1n) is 18.6. The van der Waals surface area contributed by atoms with Gasteiger partial charge in [-0.2, -0.15) is 0 Å². The molecule has 0 amide bonds. The number of rotatable bonds is 11. The molecule has 1 heterocycles. The SMILES string of the molecule is C=C(C)C.C=C(C)C(=O)Oc1cc(-c2ccc(-c3ccc(OC)c(OC)c3)cc2OCC2CCC3OC3C2)ccc1OC(C)=O.C=C(C)C=O.C=CC.C=CC.C=O. The fourth-order valence-corrected chi connectivity index (χ4v) is 5.10. The van der Waals surface area contributed by atoms with Gasteiger partial charge in [-0.25, -0.2) is 4.79 Å². The number of carbonyl (C=O) groups is 4. The van der Waals surface area contributed by atoms with Crippen LogP contribution in [0.3, 0.4) is 0 Å². The summed E-state index contributed by atoms with van der Waals surface area (Å²) in [6.45, 7) is 32.0. The van der Waals surface area contributed by atoms with Crippen molar-refractivity contribution in [3.8, 4) is 51.0 Å². The second-order valence-electron chi connectivity index (χ2n) is 13.4. The first-order chi connectivity index (χ1) is 27.6. The quantitative estimate of drug-likeness (QED) is 0.0462. The van der Waals surface area contributed by atoms with E-state index in [0.29, 0.717) is 47.6 Å². The van der Waals surface area contributed by atoms with Crippen LogP contribution in [0.2, 0.25) is 0 Å². The van der Waals surface area contributed by atoms with Crippen LogP contribution in [0, 0.1) is 5.92 Å². The Labute approximate surface area is 345 Å². The Morgan fingerprint density at radius 3 is 1.67 bits per heavy atom. The predicted molar refractivity (Wildman–Crippen MR) is 234 cm³/mol. The van der Waals surface area contributed by atoms with Crippen molar-refractivity contribution >= 4 is 25.0 Å². The number of esters is 2. The summed E-state index contributed by atoms with van der Waals surface area (Å²) in [7, 11) is 3.21. The van der Waals surface area contributed by atoms with Gasteiger partial charge in [-0.3, -0.25) is 9.59 Å². The lowest BCUT2D eigenvalue weighted by Gasteiger charge is -2.21. The molecular weight excluding hydrogens is 737 g/mol. The largest absolute Gasteiger partial charge is 0.493 e. The summed E-state index contributed by atoms with van der Waals surface area (Å²) in [5.74, 6) is 1.46. The number of methoxy groups -OCH3 is 2. The molecule has 1 saturated heterocycles. The highest BCUT2D eigenvalue weighted by atomic mass is 16.6. The number of hydrogen-bond donors (Lipinski definition) is 0. The predicted octanol–water partition coefficient (Wildman–Crippen LogP) is 10.9. The number of allylic oxidation sites excluding steroid dienone is 4. The highest BCUT2D eigenvalue weighted by molar-refractivity contribution is 5.90. The molecule has 3 atom stereocenters. The summed E-state index contributed by atoms with van der Waals surface area (Å²) in [6, 6.07) is 16.8. The Hall–Kier alpha value is -6.00. The molecule has 0 aromatic heterocycles. The number of aldehydes is 1. The van der Waals surface area contributed by atoms with Gasteiger partial charge in [-0.1, -0.05) is 55.1 Å². The molecule has 2 aliphatic rings. The van der Waals surface area contributed by atoms with Crippen molar-refractivity contribution in [2.24, 2.45) is 5.92 Å². The Bertz CT molecular complexity index is 1830. The van der Waals surface area contributed by atoms with Crippen molar-refractivity contribution in [1.29, 1.82) is 0 Å². The fourth-order valence-electron chi connectivity index (χ4n) is 5.10. The van der Waals surface area contributed by atoms with Crippen LogP contribution < -0.4 is 23.7 Å². The molecule has 10 nitrogen and oxygen atoms in total. The third kappa shape index (κ3) is 19.2. The number of epoxide rings is 1. The lowest BCUT2D eigenvalue weighted by atomic mass is 9.90. The van der Waals surface area contributed by atoms with E-state index in [9.17, 15) is 14.4 Å². The molecule has 0 bridgehead atoms. The highest BCUT2D eigenvalue weighted by Crippen LogP contribution is 2.42. The second-order valence-corrected chi connectivity index (χ2v) is 13.4. The van der Waals surface area contributed by atoms with Crippen molar-refractivity contribution in [3.05, 3.63) is 116 Å². The van der Waals surface area contributed by atoms with Crippen LogP contribution in [0.15, 0.2) is 116 Å². The van der Waals surface area contributed by atoms with Crippen molar-refractivity contribution in [3.63, 3.8) is 0 Å². The maximum atomic E-state index is 12.4. The van der Waals surface area contributed by atoms with E-state index < -0.39 is 11.9 Å². The molecule has 1 aliphatic heterocycles. The molecule has 5 rings (SSSR count). The first-order valence-corrected chi connectivity index (χ1v) is 18.6. The number of ether oxygens (including phenoxy) is 6. The zero-order valence-electron chi connectivity index (χ0n) is 35.8. The van der Waals surface area contributed by atoms with Crippen molar-refractivity contribution < 1.29 is 47.6 Å². The Morgan fingerprint density at radius 1 is 0.707 bits per heavy atom. The van der Waals surface area contributed by atoms with Crippen LogP contribution in [0.25, 0.3) is 22.3 Å². The third-order valence-electron chi connectivity index (χ3n) is 7.55. The van der Waals surface area contributed by atoms with E-state index >= 15 is 0 Å². The molecule has 0 spiro atoms. The zero-order valence-corrected chi connectivity index (χ0v) is 35.8. The van der Waals surface area contributed by atoms with Crippen molar-refractivity contribution in [2.45, 2.75) is 79.9 Å². The van der Waals surface area contributed by atoms with Gasteiger partial charge in [0.1, 0.15) is 18.8 Å². The third-order valence-corrected chi connectivity index (χ3v) is 7.55. The summed E-state index contributed by atoms with van der Waals surface area (Å²) >= 11 is 0. The van der Waals surface area contributed by atoms with E-state index in [4.69, 9.17) is 33.2 Å². The minimum Gasteiger partial charge on any atom is -0.493 e. The number of carbonyl (C=O) groups excluding carboxylic acids is 4. The summed E-state index contributed by atoms with van der Waals surface area (Å²) in [6.07, 6.45) is 8.12. The second kappa shape index (κ2) is 28.4. The minimum absolute atomic E-state index is 0.116. The van der Waals surface area contributed by atoms with E-state index in [-0.39, 0.29) is 17.1 Å². The maximum Gasteiger partial charge on any atom is 0.338 e. The Morgan fingerprint density at radius 2 is 1.19 bits per heavy atom. The lowest BCUT2D eigenvalue weighted by molar-refractivity contribution is -0.133. The molecule has 314 valence electrons. The van der Waals surface area contributed by atoms with Crippen LogP contribution in [0.4, 0.5) is 0 Å². The average molecular weight is 799 g/mol. The van der Waals surface area contributed by atoms with Gasteiger partial charge in [-0.05, 0) is 119 Å². The van der Waals surface area contributed by atoms with Crippen molar-refractivity contribution in [2.75, 3.05) is 20.8 Å². The Kier molecular flexibility index (Phi) is 25.5. The lowest BCUT2D eigenvalue weighted by Crippen LogP contribution is -2.20. The average Bonchev–Trinajstić information content (AvgIpc) is 3.98. The molecule has 3 aromatic carbocycles. The number of hydrogen-bond acceptors (Lipinski definition) is 10. The first kappa shape index (κ1) is 52.0. The van der Waals surface area contributed by atoms with Crippen molar-refractivity contribution in [1.82, 2.24) is 0 Å². The van der Waals surface area contributed by atoms with Crippen LogP contribution in [0.1, 0.15) is 67.7 Å². The van der Waals surface area contributed by atoms with Gasteiger partial charge in [0.25, 0.3) is 0 Å². The monoisotopic (exact) mass is 798 g/mol. The van der Waals surface area contributed by atoms with Gasteiger partial charge in [0.05, 0.1) is 33.0 Å². The van der Waals surface area contributed by atoms with Gasteiger partial charge in [0.2, 0.25) is 0 Å². The van der Waals surface area contributed by atoms with Gasteiger partial charge < -0.3 is 33.2 Å². The summed E-state index contributed by atoms with van der Waals surface area (Å²) in [5.41, 5.74) is 5.37. The summed E-state index contributed by atoms with van der Waals surface area (Å²) in [4.78, 5) is 41.4. The molecule has 1 aliphatic carbocycles. The highest BCUT2D eigenvalue weighted by Gasteiger charge is 2.44. The molecule has 10 heteroatoms. The normalized spacial score (nSPS) is 14.9. The standard InChI is InChI=1S/C33H34O8.C4H6O.C4H8.2C3H6.CH2O/c1-19(2)33(35)41-32-17-24(9-13-27(32)39-20(3)34)25-10-7-22(23-8-12-26(36-4)30(16-23)37-5)15-29(25)38-18-21-6-11-28-31(14-21)40-28;1-4(2)3-5;1-4(2)3;2*1-3-2;1-2/h7-10,12-13,15-17,21,28,31H,1,6,11,14,18H2,2-5H3;3H,1H2,2H3;1H2,2-3H3;2*3H,1H2,2H3;1H2. The Balaban J connectivity index is 0.00000164. The van der Waals surface area contributed by atoms with E-state index in [2.05, 4.69) is 32.9 Å². The molecule has 3 unspecified atom stereocenters. The van der Waals surface area contributed by atoms with Crippen LogP contribution in [-0.4, -0.2) is 58.0 Å². The van der Waals surface area contributed by atoms with Crippen LogP contribution in [-0.2, 0) is 23.9 Å². The van der Waals surface area contributed by atoms with Gasteiger partial charge >= 0.3 is 11.9 Å². The molecule has 0 radical (unpaired) electrons. The molecule has 1 saturated carbocycles. The van der Waals surface area contributed by atoms with Crippen LogP contribution >= 0.6 is 0 Å². The summed E-state index contributed by atoms with van der Waals surface area (Å²) in [5, 5.41) is 0. The molecular formula is C48H62O10. The number of fused-ring (bicyclic) bond motifs is 1. The fraction of sp³-hybridized carbons (Fsp3) is 0.333. The molecule has 58 heavy (non-hydrogen) atoms. The van der Waals surface area contributed by atoms with E-state index in [1.165, 1.54) is 12.5 Å². The zero-order chi connectivity index (χ0) is 44.4. The maximum absolute atomic E-state index is 12.4. The van der Waals surface area contributed by atoms with E-state index in [0.717, 1.165) is 47.8 Å². The topological polar surface area (TPSA) is 127 Å². The molecule has 3 aromatic rings. The van der Waals surface area contributed by atoms with E-state index in [1.54, 1.807) is 58.4 Å². The number of benzene rings is 3. The molecule has 0 N–H and O–H groups in total. The van der Waals surface area contributed by atoms with Gasteiger partial charge in [0, 0.05) is 18.1 Å². The van der Waals surface area contributed by atoms with Gasteiger partial charge in [0.15, 0.2) is 23.0 Å². The minimum atomic E-state index is -0.617. The summed E-state index contributed by atoms with van der Waals surface area (Å²) < 4.78 is 33.9. The molecule has 2 fully saturated rings. The van der Waals surface area contributed by atoms with Gasteiger partial charge in [-0.15, -0.1) is 19.7 Å². The van der Waals surface area contributed by atoms with E-state index in [1.807, 2.05) is 70.9 Å². The smallest absolute Gasteiger partial charge is 0.338 e.